The number of imidazole rings is 1. The maximum Gasteiger partial charge on any atom is 0.155 e. The Labute approximate surface area is 204 Å². The molecule has 4 aromatic rings. The van der Waals surface area contributed by atoms with Crippen LogP contribution in [-0.2, 0) is 0 Å². The van der Waals surface area contributed by atoms with Crippen LogP contribution in [0.2, 0.25) is 5.02 Å². The van der Waals surface area contributed by atoms with Crippen LogP contribution in [0.5, 0.6) is 0 Å². The van der Waals surface area contributed by atoms with Crippen molar-refractivity contribution in [1.82, 2.24) is 24.9 Å². The first-order valence-corrected chi connectivity index (χ1v) is 12.3. The van der Waals surface area contributed by atoms with Crippen LogP contribution < -0.4 is 16.0 Å². The van der Waals surface area contributed by atoms with Crippen molar-refractivity contribution in [2.24, 2.45) is 5.41 Å². The van der Waals surface area contributed by atoms with Crippen molar-refractivity contribution in [3.05, 3.63) is 59.8 Å². The van der Waals surface area contributed by atoms with Gasteiger partial charge in [-0.2, -0.15) is 0 Å². The summed E-state index contributed by atoms with van der Waals surface area (Å²) in [6, 6.07) is 15.7. The van der Waals surface area contributed by atoms with E-state index in [0.29, 0.717) is 16.3 Å². The molecule has 0 radical (unpaired) electrons. The van der Waals surface area contributed by atoms with Crippen molar-refractivity contribution in [3.63, 3.8) is 0 Å². The highest BCUT2D eigenvalue weighted by Crippen LogP contribution is 2.39. The van der Waals surface area contributed by atoms with E-state index in [1.807, 2.05) is 40.9 Å². The van der Waals surface area contributed by atoms with Crippen LogP contribution in [-0.4, -0.2) is 45.8 Å². The van der Waals surface area contributed by atoms with Gasteiger partial charge in [-0.1, -0.05) is 23.7 Å². The smallest absolute Gasteiger partial charge is 0.155 e. The summed E-state index contributed by atoms with van der Waals surface area (Å²) in [7, 11) is 0. The molecule has 2 fully saturated rings. The monoisotopic (exact) mass is 473 g/mol. The Morgan fingerprint density at radius 3 is 2.53 bits per heavy atom. The second kappa shape index (κ2) is 8.56. The van der Waals surface area contributed by atoms with Gasteiger partial charge in [0.05, 0.1) is 5.69 Å². The van der Waals surface area contributed by atoms with Gasteiger partial charge in [0.2, 0.25) is 0 Å². The third-order valence-electron chi connectivity index (χ3n) is 7.34. The highest BCUT2D eigenvalue weighted by molar-refractivity contribution is 6.30. The van der Waals surface area contributed by atoms with Crippen LogP contribution in [0.4, 0.5) is 11.6 Å². The number of benzene rings is 1. The first-order valence-electron chi connectivity index (χ1n) is 11.9. The van der Waals surface area contributed by atoms with E-state index in [2.05, 4.69) is 27.3 Å². The highest BCUT2D eigenvalue weighted by atomic mass is 35.5. The number of halogens is 1. The van der Waals surface area contributed by atoms with Gasteiger partial charge in [-0.05, 0) is 74.0 Å². The van der Waals surface area contributed by atoms with Gasteiger partial charge in [0, 0.05) is 42.0 Å². The fourth-order valence-corrected chi connectivity index (χ4v) is 5.55. The molecule has 174 valence electrons. The zero-order valence-electron chi connectivity index (χ0n) is 19.0. The van der Waals surface area contributed by atoms with Gasteiger partial charge in [0.15, 0.2) is 5.65 Å². The molecule has 0 unspecified atom stereocenters. The van der Waals surface area contributed by atoms with E-state index in [-0.39, 0.29) is 0 Å². The molecule has 2 saturated heterocycles. The van der Waals surface area contributed by atoms with Gasteiger partial charge in [-0.25, -0.2) is 14.5 Å². The normalized spacial score (nSPS) is 18.0. The standard InChI is InChI=1S/C26H28ClN7/c27-20-4-2-18(3-5-20)24-25(19-8-13-30-21(28)16-19)34-22(31-24)6-7-23(32-34)33-14-10-26(11-15-33)9-1-12-29-17-26/h2-8,13,16,29H,1,9-12,14-15,17H2,(H2,28,30). The number of nitrogen functional groups attached to an aromatic ring is 1. The summed E-state index contributed by atoms with van der Waals surface area (Å²) in [6.45, 7) is 4.35. The third kappa shape index (κ3) is 3.89. The number of pyridine rings is 1. The largest absolute Gasteiger partial charge is 0.384 e. The molecule has 0 saturated carbocycles. The molecular weight excluding hydrogens is 446 g/mol. The lowest BCUT2D eigenvalue weighted by atomic mass is 9.73. The number of nitrogens with zero attached hydrogens (tertiary/aromatic N) is 5. The number of rotatable bonds is 3. The van der Waals surface area contributed by atoms with E-state index in [9.17, 15) is 0 Å². The van der Waals surface area contributed by atoms with E-state index in [4.69, 9.17) is 27.4 Å². The summed E-state index contributed by atoms with van der Waals surface area (Å²) >= 11 is 6.14. The molecule has 0 aliphatic carbocycles. The molecule has 7 nitrogen and oxygen atoms in total. The second-order valence-electron chi connectivity index (χ2n) is 9.51. The van der Waals surface area contributed by atoms with Crippen LogP contribution in [0.3, 0.4) is 0 Å². The number of anilines is 2. The van der Waals surface area contributed by atoms with Crippen molar-refractivity contribution in [2.75, 3.05) is 36.8 Å². The lowest BCUT2D eigenvalue weighted by Gasteiger charge is -2.44. The molecule has 0 amide bonds. The summed E-state index contributed by atoms with van der Waals surface area (Å²) in [5, 5.41) is 9.38. The van der Waals surface area contributed by atoms with E-state index < -0.39 is 0 Å². The Morgan fingerprint density at radius 1 is 0.971 bits per heavy atom. The minimum Gasteiger partial charge on any atom is -0.384 e. The molecule has 5 heterocycles. The molecule has 1 aromatic carbocycles. The van der Waals surface area contributed by atoms with Crippen molar-refractivity contribution >= 4 is 28.9 Å². The fourth-order valence-electron chi connectivity index (χ4n) is 5.42. The number of nitrogens with one attached hydrogen (secondary N) is 1. The van der Waals surface area contributed by atoms with Gasteiger partial charge in [0.1, 0.15) is 17.3 Å². The number of hydrogen-bond acceptors (Lipinski definition) is 6. The summed E-state index contributed by atoms with van der Waals surface area (Å²) in [5.74, 6) is 1.45. The van der Waals surface area contributed by atoms with Crippen molar-refractivity contribution < 1.29 is 0 Å². The molecule has 8 heteroatoms. The molecule has 6 rings (SSSR count). The summed E-state index contributed by atoms with van der Waals surface area (Å²) in [5.41, 5.74) is 10.9. The quantitative estimate of drug-likeness (QED) is 0.450. The first-order chi connectivity index (χ1) is 16.6. The van der Waals surface area contributed by atoms with Gasteiger partial charge < -0.3 is 16.0 Å². The Morgan fingerprint density at radius 2 is 1.79 bits per heavy atom. The Kier molecular flexibility index (Phi) is 5.38. The SMILES string of the molecule is Nc1cc(-c2c(-c3ccc(Cl)cc3)nc3ccc(N4CCC5(CCCNC5)CC4)nn23)ccn1. The van der Waals surface area contributed by atoms with E-state index in [1.165, 1.54) is 25.7 Å². The van der Waals surface area contributed by atoms with Crippen molar-refractivity contribution in [1.29, 1.82) is 0 Å². The average molecular weight is 474 g/mol. The van der Waals surface area contributed by atoms with E-state index >= 15 is 0 Å². The number of aromatic nitrogens is 4. The molecule has 3 aromatic heterocycles. The maximum atomic E-state index is 6.14. The number of piperidine rings is 2. The molecule has 1 spiro atoms. The Bertz CT molecular complexity index is 1310. The molecule has 0 bridgehead atoms. The first kappa shape index (κ1) is 21.4. The predicted octanol–water partition coefficient (Wildman–Crippen LogP) is 4.66. The van der Waals surface area contributed by atoms with E-state index in [1.54, 1.807) is 6.20 Å². The fraction of sp³-hybridized carbons (Fsp3) is 0.346. The zero-order chi connectivity index (χ0) is 23.1. The van der Waals surface area contributed by atoms with Crippen LogP contribution in [0.1, 0.15) is 25.7 Å². The van der Waals surface area contributed by atoms with Gasteiger partial charge >= 0.3 is 0 Å². The molecule has 34 heavy (non-hydrogen) atoms. The number of fused-ring (bicyclic) bond motifs is 1. The van der Waals surface area contributed by atoms with Crippen LogP contribution in [0.25, 0.3) is 28.2 Å². The van der Waals surface area contributed by atoms with Crippen LogP contribution >= 0.6 is 11.6 Å². The van der Waals surface area contributed by atoms with Crippen molar-refractivity contribution in [3.8, 4) is 22.5 Å². The van der Waals surface area contributed by atoms with Crippen LogP contribution in [0.15, 0.2) is 54.7 Å². The van der Waals surface area contributed by atoms with Gasteiger partial charge in [-0.15, -0.1) is 5.10 Å². The zero-order valence-corrected chi connectivity index (χ0v) is 19.8. The summed E-state index contributed by atoms with van der Waals surface area (Å²) < 4.78 is 1.95. The summed E-state index contributed by atoms with van der Waals surface area (Å²) in [6.07, 6.45) is 6.74. The van der Waals surface area contributed by atoms with Crippen LogP contribution in [0, 0.1) is 5.41 Å². The average Bonchev–Trinajstić information content (AvgIpc) is 3.24. The number of hydrogen-bond donors (Lipinski definition) is 2. The lowest BCUT2D eigenvalue weighted by molar-refractivity contribution is 0.161. The third-order valence-corrected chi connectivity index (χ3v) is 7.60. The predicted molar refractivity (Wildman–Crippen MR) is 137 cm³/mol. The van der Waals surface area contributed by atoms with E-state index in [0.717, 1.165) is 60.2 Å². The molecule has 2 aliphatic rings. The minimum absolute atomic E-state index is 0.454. The maximum absolute atomic E-state index is 6.14. The number of nitrogens with two attached hydrogens (primary N) is 1. The minimum atomic E-state index is 0.454. The second-order valence-corrected chi connectivity index (χ2v) is 9.95. The molecule has 0 atom stereocenters. The molecule has 2 aliphatic heterocycles. The van der Waals surface area contributed by atoms with Crippen molar-refractivity contribution in [2.45, 2.75) is 25.7 Å². The molecule has 3 N–H and O–H groups in total. The topological polar surface area (TPSA) is 84.4 Å². The van der Waals surface area contributed by atoms with Gasteiger partial charge in [0.25, 0.3) is 0 Å². The highest BCUT2D eigenvalue weighted by Gasteiger charge is 2.36. The molecular formula is C26H28ClN7. The Balaban J connectivity index is 1.41. The Hall–Kier alpha value is -3.16. The summed E-state index contributed by atoms with van der Waals surface area (Å²) in [4.78, 5) is 11.5. The lowest BCUT2D eigenvalue weighted by Crippen LogP contribution is -2.48. The van der Waals surface area contributed by atoms with Gasteiger partial charge in [-0.3, -0.25) is 0 Å².